The summed E-state index contributed by atoms with van der Waals surface area (Å²) >= 11 is 0. The minimum Gasteiger partial charge on any atom is -0.463 e. The Bertz CT molecular complexity index is 812. The summed E-state index contributed by atoms with van der Waals surface area (Å²) in [5.74, 6) is -3.76. The lowest BCUT2D eigenvalue weighted by molar-refractivity contribution is -0.204. The summed E-state index contributed by atoms with van der Waals surface area (Å²) in [6, 6.07) is 11.1. The highest BCUT2D eigenvalue weighted by Gasteiger charge is 2.63. The molecule has 0 fully saturated rings. The number of halogens is 4. The Kier molecular flexibility index (Phi) is 6.04. The van der Waals surface area contributed by atoms with Crippen molar-refractivity contribution in [2.24, 2.45) is 0 Å². The maximum atomic E-state index is 13.9. The van der Waals surface area contributed by atoms with E-state index in [2.05, 4.69) is 4.74 Å². The molecule has 144 valence electrons. The number of nitrogens with one attached hydrogen (secondary N) is 2. The topological polar surface area (TPSA) is 67.4 Å². The summed E-state index contributed by atoms with van der Waals surface area (Å²) in [5.41, 5.74) is -4.07. The van der Waals surface area contributed by atoms with Crippen molar-refractivity contribution in [1.82, 2.24) is 5.32 Å². The number of carbonyl (C=O) groups is 2. The molecule has 1 amide bonds. The fourth-order valence-corrected chi connectivity index (χ4v) is 2.24. The van der Waals surface area contributed by atoms with Gasteiger partial charge in [0, 0.05) is 11.3 Å². The molecule has 0 saturated carbocycles. The van der Waals surface area contributed by atoms with Gasteiger partial charge in [-0.25, -0.2) is 9.18 Å². The van der Waals surface area contributed by atoms with Crippen LogP contribution in [0.2, 0.25) is 0 Å². The summed E-state index contributed by atoms with van der Waals surface area (Å²) in [5, 5.41) is 3.55. The third kappa shape index (κ3) is 4.55. The zero-order valence-electron chi connectivity index (χ0n) is 14.1. The second kappa shape index (κ2) is 8.07. The zero-order valence-corrected chi connectivity index (χ0v) is 14.1. The average molecular weight is 384 g/mol. The van der Waals surface area contributed by atoms with Crippen molar-refractivity contribution in [2.45, 2.75) is 18.8 Å². The quantitative estimate of drug-likeness (QED) is 0.455. The molecule has 0 bridgehead atoms. The van der Waals surface area contributed by atoms with Crippen molar-refractivity contribution in [1.29, 1.82) is 0 Å². The highest BCUT2D eigenvalue weighted by atomic mass is 19.4. The van der Waals surface area contributed by atoms with Crippen molar-refractivity contribution >= 4 is 17.6 Å². The summed E-state index contributed by atoms with van der Waals surface area (Å²) in [6.07, 6.45) is -5.30. The largest absolute Gasteiger partial charge is 0.463 e. The van der Waals surface area contributed by atoms with Crippen LogP contribution in [-0.4, -0.2) is 30.3 Å². The van der Waals surface area contributed by atoms with Gasteiger partial charge in [-0.2, -0.15) is 13.2 Å². The maximum Gasteiger partial charge on any atom is 0.441 e. The molecule has 0 aliphatic heterocycles. The normalized spacial score (nSPS) is 13.4. The molecule has 27 heavy (non-hydrogen) atoms. The Morgan fingerprint density at radius 1 is 1.04 bits per heavy atom. The number of anilines is 1. The molecule has 5 nitrogen and oxygen atoms in total. The molecule has 0 aromatic heterocycles. The van der Waals surface area contributed by atoms with E-state index in [0.29, 0.717) is 0 Å². The SMILES string of the molecule is CCOC(=O)[C@@](NC(=O)c1ccccc1)(Nc1cccc(F)c1)C(F)(F)F. The van der Waals surface area contributed by atoms with Crippen LogP contribution < -0.4 is 10.6 Å². The van der Waals surface area contributed by atoms with Crippen molar-refractivity contribution < 1.29 is 31.9 Å². The van der Waals surface area contributed by atoms with Gasteiger partial charge in [0.1, 0.15) is 5.82 Å². The van der Waals surface area contributed by atoms with Gasteiger partial charge in [-0.05, 0) is 37.3 Å². The average Bonchev–Trinajstić information content (AvgIpc) is 2.61. The van der Waals surface area contributed by atoms with Gasteiger partial charge in [-0.1, -0.05) is 24.3 Å². The van der Waals surface area contributed by atoms with Crippen LogP contribution in [0.4, 0.5) is 23.2 Å². The third-order valence-corrected chi connectivity index (χ3v) is 3.50. The Balaban J connectivity index is 2.50. The number of hydrogen-bond donors (Lipinski definition) is 2. The highest BCUT2D eigenvalue weighted by Crippen LogP contribution is 2.33. The predicted molar refractivity (Wildman–Crippen MR) is 89.3 cm³/mol. The molecule has 1 atom stereocenters. The summed E-state index contributed by atoms with van der Waals surface area (Å²) < 4.78 is 59.8. The van der Waals surface area contributed by atoms with E-state index in [1.165, 1.54) is 31.2 Å². The molecule has 2 rings (SSSR count). The lowest BCUT2D eigenvalue weighted by atomic mass is 10.1. The molecule has 2 aromatic carbocycles. The standard InChI is InChI=1S/C18H16F4N2O3/c1-2-27-16(26)17(18(20,21)22,23-14-10-6-9-13(19)11-14)24-15(25)12-7-4-3-5-8-12/h3-11,23H,2H2,1H3,(H,24,25)/t17-/m0/s1. The van der Waals surface area contributed by atoms with Crippen molar-refractivity contribution in [3.05, 3.63) is 66.0 Å². The zero-order chi connectivity index (χ0) is 20.1. The summed E-state index contributed by atoms with van der Waals surface area (Å²) in [7, 11) is 0. The molecule has 9 heteroatoms. The van der Waals surface area contributed by atoms with E-state index < -0.39 is 29.5 Å². The van der Waals surface area contributed by atoms with Crippen molar-refractivity contribution in [3.63, 3.8) is 0 Å². The summed E-state index contributed by atoms with van der Waals surface area (Å²) in [4.78, 5) is 24.6. The molecule has 0 aliphatic rings. The second-order valence-electron chi connectivity index (χ2n) is 5.42. The van der Waals surface area contributed by atoms with Crippen LogP contribution in [0.1, 0.15) is 17.3 Å². The molecule has 2 N–H and O–H groups in total. The van der Waals surface area contributed by atoms with E-state index in [4.69, 9.17) is 0 Å². The number of hydrogen-bond acceptors (Lipinski definition) is 4. The number of benzene rings is 2. The Morgan fingerprint density at radius 2 is 1.70 bits per heavy atom. The molecular weight excluding hydrogens is 368 g/mol. The van der Waals surface area contributed by atoms with Gasteiger partial charge in [0.25, 0.3) is 5.91 Å². The van der Waals surface area contributed by atoms with Gasteiger partial charge >= 0.3 is 17.8 Å². The van der Waals surface area contributed by atoms with Crippen LogP contribution in [0.3, 0.4) is 0 Å². The Morgan fingerprint density at radius 3 is 2.26 bits per heavy atom. The number of rotatable bonds is 6. The summed E-state index contributed by atoms with van der Waals surface area (Å²) in [6.45, 7) is 0.961. The Hall–Kier alpha value is -3.10. The van der Waals surface area contributed by atoms with Crippen LogP contribution >= 0.6 is 0 Å². The van der Waals surface area contributed by atoms with Crippen LogP contribution in [0.15, 0.2) is 54.6 Å². The van der Waals surface area contributed by atoms with Crippen molar-refractivity contribution in [3.8, 4) is 0 Å². The van der Waals surface area contributed by atoms with E-state index in [1.54, 1.807) is 11.4 Å². The van der Waals surface area contributed by atoms with Crippen molar-refractivity contribution in [2.75, 3.05) is 11.9 Å². The van der Waals surface area contributed by atoms with E-state index in [9.17, 15) is 27.2 Å². The van der Waals surface area contributed by atoms with Gasteiger partial charge < -0.3 is 15.4 Å². The first-order valence-corrected chi connectivity index (χ1v) is 7.85. The van der Waals surface area contributed by atoms with Gasteiger partial charge in [-0.15, -0.1) is 0 Å². The van der Waals surface area contributed by atoms with E-state index >= 15 is 0 Å². The molecule has 0 aliphatic carbocycles. The van der Waals surface area contributed by atoms with Gasteiger partial charge in [0.05, 0.1) is 6.61 Å². The monoisotopic (exact) mass is 384 g/mol. The number of amides is 1. The number of carbonyl (C=O) groups excluding carboxylic acids is 2. The lowest BCUT2D eigenvalue weighted by Gasteiger charge is -2.35. The molecule has 0 saturated heterocycles. The predicted octanol–water partition coefficient (Wildman–Crippen LogP) is 3.49. The van der Waals surface area contributed by atoms with Crippen LogP contribution in [0.5, 0.6) is 0 Å². The first-order chi connectivity index (χ1) is 12.7. The van der Waals surface area contributed by atoms with Crippen LogP contribution in [0.25, 0.3) is 0 Å². The van der Waals surface area contributed by atoms with Crippen LogP contribution in [0, 0.1) is 5.82 Å². The number of esters is 1. The molecule has 0 heterocycles. The van der Waals surface area contributed by atoms with Crippen LogP contribution in [-0.2, 0) is 9.53 Å². The molecule has 0 spiro atoms. The first-order valence-electron chi connectivity index (χ1n) is 7.85. The van der Waals surface area contributed by atoms with Gasteiger partial charge in [-0.3, -0.25) is 4.79 Å². The molecule has 0 radical (unpaired) electrons. The maximum absolute atomic E-state index is 13.9. The smallest absolute Gasteiger partial charge is 0.441 e. The molecular formula is C18H16F4N2O3. The fraction of sp³-hybridized carbons (Fsp3) is 0.222. The minimum absolute atomic E-state index is 0.100. The Labute approximate surface area is 152 Å². The van der Waals surface area contributed by atoms with E-state index in [0.717, 1.165) is 24.3 Å². The van der Waals surface area contributed by atoms with E-state index in [-0.39, 0.29) is 17.9 Å². The lowest BCUT2D eigenvalue weighted by Crippen LogP contribution is -2.69. The number of alkyl halides is 3. The van der Waals surface area contributed by atoms with Gasteiger partial charge in [0.15, 0.2) is 0 Å². The third-order valence-electron chi connectivity index (χ3n) is 3.50. The van der Waals surface area contributed by atoms with E-state index in [1.807, 2.05) is 5.32 Å². The first kappa shape index (κ1) is 20.2. The number of ether oxygens (including phenoxy) is 1. The van der Waals surface area contributed by atoms with Gasteiger partial charge in [0.2, 0.25) is 0 Å². The fourth-order valence-electron chi connectivity index (χ4n) is 2.24. The minimum atomic E-state index is -5.30. The molecule has 0 unspecified atom stereocenters. The molecule has 2 aromatic rings. The second-order valence-corrected chi connectivity index (χ2v) is 5.42. The highest BCUT2D eigenvalue weighted by molar-refractivity contribution is 5.99.